The molecule has 9 nitrogen and oxygen atoms in total. The number of anilines is 2. The second-order valence-electron chi connectivity index (χ2n) is 8.95. The van der Waals surface area contributed by atoms with Gasteiger partial charge in [-0.2, -0.15) is 5.10 Å². The van der Waals surface area contributed by atoms with Crippen LogP contribution in [0.1, 0.15) is 28.9 Å². The summed E-state index contributed by atoms with van der Waals surface area (Å²) in [6, 6.07) is 20.0. The average Bonchev–Trinajstić information content (AvgIpc) is 3.49. The van der Waals surface area contributed by atoms with Gasteiger partial charge in [-0.3, -0.25) is 14.3 Å². The van der Waals surface area contributed by atoms with Crippen LogP contribution in [0.3, 0.4) is 0 Å². The number of aromatic amines is 1. The normalized spacial score (nSPS) is 12.6. The fourth-order valence-electron chi connectivity index (χ4n) is 4.91. The van der Waals surface area contributed by atoms with Gasteiger partial charge < -0.3 is 15.4 Å². The fraction of sp³-hybridized carbons (Fsp3) is 0.296. The molecule has 0 unspecified atom stereocenters. The van der Waals surface area contributed by atoms with Gasteiger partial charge in [0.25, 0.3) is 5.56 Å². The minimum absolute atomic E-state index is 0.121. The van der Waals surface area contributed by atoms with Crippen LogP contribution in [0.2, 0.25) is 0 Å². The van der Waals surface area contributed by atoms with Crippen LogP contribution in [0.5, 0.6) is 0 Å². The number of rotatable bonds is 9. The summed E-state index contributed by atoms with van der Waals surface area (Å²) in [7, 11) is 1.55. The third kappa shape index (κ3) is 4.57. The molecule has 5 rings (SSSR count). The molecule has 0 fully saturated rings. The lowest BCUT2D eigenvalue weighted by Crippen LogP contribution is -2.38. The Kier molecular flexibility index (Phi) is 6.73. The summed E-state index contributed by atoms with van der Waals surface area (Å²) in [5, 5.41) is 4.99. The first-order valence-corrected chi connectivity index (χ1v) is 12.1. The molecule has 0 saturated carbocycles. The van der Waals surface area contributed by atoms with Crippen molar-refractivity contribution in [2.75, 3.05) is 24.4 Å². The number of H-pyrrole nitrogens is 1. The fourth-order valence-corrected chi connectivity index (χ4v) is 4.91. The van der Waals surface area contributed by atoms with Crippen LogP contribution >= 0.6 is 0 Å². The number of aromatic nitrogens is 4. The Morgan fingerprint density at radius 2 is 1.75 bits per heavy atom. The highest BCUT2D eigenvalue weighted by molar-refractivity contribution is 5.63. The van der Waals surface area contributed by atoms with Crippen LogP contribution in [0.4, 0.5) is 11.5 Å². The number of nitrogens with zero attached hydrogens (tertiary/aromatic N) is 4. The third-order valence-corrected chi connectivity index (χ3v) is 6.62. The number of benzene rings is 2. The molecule has 0 bridgehead atoms. The maximum absolute atomic E-state index is 13.1. The number of nitrogen functional groups attached to an aromatic ring is 1. The molecule has 9 heteroatoms. The van der Waals surface area contributed by atoms with Crippen LogP contribution in [0.25, 0.3) is 5.69 Å². The lowest BCUT2D eigenvalue weighted by Gasteiger charge is -2.26. The van der Waals surface area contributed by atoms with E-state index in [0.29, 0.717) is 19.7 Å². The average molecular weight is 487 g/mol. The first kappa shape index (κ1) is 23.6. The maximum Gasteiger partial charge on any atom is 0.330 e. The van der Waals surface area contributed by atoms with Crippen LogP contribution in [0.15, 0.2) is 70.3 Å². The number of para-hydroxylation sites is 1. The van der Waals surface area contributed by atoms with Crippen LogP contribution < -0.4 is 21.9 Å². The van der Waals surface area contributed by atoms with Gasteiger partial charge in [0.2, 0.25) is 0 Å². The number of methoxy groups -OCH3 is 1. The second-order valence-corrected chi connectivity index (χ2v) is 8.95. The van der Waals surface area contributed by atoms with Crippen molar-refractivity contribution in [3.05, 3.63) is 104 Å². The van der Waals surface area contributed by atoms with E-state index in [1.54, 1.807) is 7.11 Å². The minimum Gasteiger partial charge on any atom is -0.383 e. The summed E-state index contributed by atoms with van der Waals surface area (Å²) in [6.07, 6.45) is 2.96. The Morgan fingerprint density at radius 1 is 1.03 bits per heavy atom. The molecule has 0 spiro atoms. The van der Waals surface area contributed by atoms with Crippen LogP contribution in [-0.4, -0.2) is 33.0 Å². The smallest absolute Gasteiger partial charge is 0.330 e. The summed E-state index contributed by atoms with van der Waals surface area (Å²) in [5.74, 6) is 0.121. The molecule has 0 amide bonds. The van der Waals surface area contributed by atoms with E-state index in [0.717, 1.165) is 36.2 Å². The molecular weight excluding hydrogens is 456 g/mol. The van der Waals surface area contributed by atoms with E-state index in [9.17, 15) is 9.59 Å². The minimum atomic E-state index is -0.549. The van der Waals surface area contributed by atoms with Crippen LogP contribution in [0, 0.1) is 0 Å². The molecular formula is C27H30N6O3. The molecule has 3 N–H and O–H groups in total. The van der Waals surface area contributed by atoms with E-state index < -0.39 is 11.2 Å². The van der Waals surface area contributed by atoms with E-state index in [1.165, 1.54) is 15.8 Å². The summed E-state index contributed by atoms with van der Waals surface area (Å²) in [6.45, 7) is 1.35. The number of nitrogens with two attached hydrogens (primary N) is 1. The van der Waals surface area contributed by atoms with Gasteiger partial charge in [0.1, 0.15) is 11.5 Å². The SMILES string of the molecule is COCCn1c(N)c(N(Cc2ccccc2)Cc2nn(-c3ccccc3)c3c2CCC3)c(=O)[nH]c1=O. The van der Waals surface area contributed by atoms with Gasteiger partial charge in [-0.05, 0) is 42.5 Å². The molecule has 1 aliphatic rings. The van der Waals surface area contributed by atoms with E-state index >= 15 is 0 Å². The number of hydrogen-bond acceptors (Lipinski definition) is 6. The number of nitrogens with one attached hydrogen (secondary N) is 1. The Hall–Kier alpha value is -4.11. The zero-order chi connectivity index (χ0) is 25.1. The van der Waals surface area contributed by atoms with Gasteiger partial charge in [0, 0.05) is 19.3 Å². The lowest BCUT2D eigenvalue weighted by atomic mass is 10.1. The zero-order valence-corrected chi connectivity index (χ0v) is 20.3. The lowest BCUT2D eigenvalue weighted by molar-refractivity contribution is 0.186. The molecule has 186 valence electrons. The van der Waals surface area contributed by atoms with Crippen molar-refractivity contribution in [3.63, 3.8) is 0 Å². The largest absolute Gasteiger partial charge is 0.383 e. The van der Waals surface area contributed by atoms with Gasteiger partial charge in [-0.15, -0.1) is 0 Å². The van der Waals surface area contributed by atoms with Gasteiger partial charge >= 0.3 is 5.69 Å². The highest BCUT2D eigenvalue weighted by Gasteiger charge is 2.27. The van der Waals surface area contributed by atoms with Gasteiger partial charge in [0.15, 0.2) is 0 Å². The maximum atomic E-state index is 13.1. The standard InChI is InChI=1S/C27H30N6O3/c1-36-16-15-32-25(28)24(26(34)29-27(32)35)31(17-19-9-4-2-5-10-19)18-22-21-13-8-14-23(21)33(30-22)20-11-6-3-7-12-20/h2-7,9-12H,8,13-18,28H2,1H3,(H,29,34,35). The van der Waals surface area contributed by atoms with Gasteiger partial charge in [-0.25, -0.2) is 9.48 Å². The van der Waals surface area contributed by atoms with Crippen molar-refractivity contribution in [3.8, 4) is 5.69 Å². The number of fused-ring (bicyclic) bond motifs is 1. The summed E-state index contributed by atoms with van der Waals surface area (Å²) >= 11 is 0. The van der Waals surface area contributed by atoms with Gasteiger partial charge in [-0.1, -0.05) is 48.5 Å². The molecule has 0 atom stereocenters. The molecule has 1 aliphatic carbocycles. The van der Waals surface area contributed by atoms with Crippen molar-refractivity contribution < 1.29 is 4.74 Å². The van der Waals surface area contributed by atoms with Crippen molar-refractivity contribution in [1.82, 2.24) is 19.3 Å². The summed E-state index contributed by atoms with van der Waals surface area (Å²) in [4.78, 5) is 30.0. The van der Waals surface area contributed by atoms with Crippen LogP contribution in [-0.2, 0) is 37.2 Å². The monoisotopic (exact) mass is 486 g/mol. The Labute approximate surface area is 208 Å². The van der Waals surface area contributed by atoms with Crippen molar-refractivity contribution in [2.24, 2.45) is 0 Å². The summed E-state index contributed by atoms with van der Waals surface area (Å²) in [5.41, 5.74) is 11.0. The van der Waals surface area contributed by atoms with E-state index in [4.69, 9.17) is 15.6 Å². The first-order chi connectivity index (χ1) is 17.6. The Morgan fingerprint density at radius 3 is 2.47 bits per heavy atom. The highest BCUT2D eigenvalue weighted by Crippen LogP contribution is 2.30. The Balaban J connectivity index is 1.60. The third-order valence-electron chi connectivity index (χ3n) is 6.62. The predicted octanol–water partition coefficient (Wildman–Crippen LogP) is 2.65. The number of hydrogen-bond donors (Lipinski definition) is 2. The molecule has 0 radical (unpaired) electrons. The molecule has 0 aliphatic heterocycles. The molecule has 2 heterocycles. The predicted molar refractivity (Wildman–Crippen MR) is 140 cm³/mol. The molecule has 2 aromatic heterocycles. The van der Waals surface area contributed by atoms with Crippen molar-refractivity contribution >= 4 is 11.5 Å². The molecule has 36 heavy (non-hydrogen) atoms. The highest BCUT2D eigenvalue weighted by atomic mass is 16.5. The number of ether oxygens (including phenoxy) is 1. The molecule has 2 aromatic carbocycles. The summed E-state index contributed by atoms with van der Waals surface area (Å²) < 4.78 is 8.51. The van der Waals surface area contributed by atoms with Gasteiger partial charge in [0.05, 0.1) is 31.1 Å². The first-order valence-electron chi connectivity index (χ1n) is 12.1. The van der Waals surface area contributed by atoms with Crippen molar-refractivity contribution in [2.45, 2.75) is 38.9 Å². The zero-order valence-electron chi connectivity index (χ0n) is 20.3. The quantitative estimate of drug-likeness (QED) is 0.376. The van der Waals surface area contributed by atoms with E-state index in [2.05, 4.69) is 4.98 Å². The second kappa shape index (κ2) is 10.2. The molecule has 0 saturated heterocycles. The topological polar surface area (TPSA) is 111 Å². The molecule has 4 aromatic rings. The Bertz CT molecular complexity index is 1460. The van der Waals surface area contributed by atoms with Crippen molar-refractivity contribution in [1.29, 1.82) is 0 Å². The van der Waals surface area contributed by atoms with E-state index in [-0.39, 0.29) is 18.1 Å². The van der Waals surface area contributed by atoms with E-state index in [1.807, 2.05) is 70.2 Å².